The largest absolute Gasteiger partial charge is 0.477 e. The Morgan fingerprint density at radius 3 is 2.13 bits per heavy atom. The number of hydrogen-bond donors (Lipinski definition) is 1. The lowest BCUT2D eigenvalue weighted by atomic mass is 10.1. The predicted molar refractivity (Wildman–Crippen MR) is 85.0 cm³/mol. The molecule has 0 aliphatic rings. The first-order chi connectivity index (χ1) is 10.7. The summed E-state index contributed by atoms with van der Waals surface area (Å²) in [5, 5.41) is 8.94. The van der Waals surface area contributed by atoms with Gasteiger partial charge in [-0.25, -0.2) is 17.5 Å². The first-order valence-electron chi connectivity index (χ1n) is 6.62. The maximum absolute atomic E-state index is 12.0. The van der Waals surface area contributed by atoms with Crippen molar-refractivity contribution in [2.24, 2.45) is 7.05 Å². The second-order valence-electron chi connectivity index (χ2n) is 5.11. The van der Waals surface area contributed by atoms with Crippen molar-refractivity contribution in [1.82, 2.24) is 8.87 Å². The van der Waals surface area contributed by atoms with Gasteiger partial charge < -0.3 is 9.67 Å². The molecule has 1 aromatic carbocycles. The standard InChI is InChI=1S/C15H16N2O5S/c1-16(2)23(21,22)11-6-4-10(5-7-11)13-9-8-12(15(19)20)14(18)17(13)3/h4-9H,1-3H3,(H,19,20). The van der Waals surface area contributed by atoms with Crippen LogP contribution >= 0.6 is 0 Å². The molecule has 0 fully saturated rings. The summed E-state index contributed by atoms with van der Waals surface area (Å²) in [5.74, 6) is -1.29. The van der Waals surface area contributed by atoms with Gasteiger partial charge in [0, 0.05) is 21.1 Å². The lowest BCUT2D eigenvalue weighted by Crippen LogP contribution is -2.25. The molecule has 122 valence electrons. The number of hydrogen-bond acceptors (Lipinski definition) is 4. The Labute approximate surface area is 133 Å². The summed E-state index contributed by atoms with van der Waals surface area (Å²) >= 11 is 0. The molecule has 0 amide bonds. The number of carbonyl (C=O) groups is 1. The molecule has 0 bridgehead atoms. The maximum atomic E-state index is 12.0. The molecule has 2 aromatic rings. The van der Waals surface area contributed by atoms with Gasteiger partial charge in [-0.3, -0.25) is 4.79 Å². The highest BCUT2D eigenvalue weighted by molar-refractivity contribution is 7.89. The highest BCUT2D eigenvalue weighted by Gasteiger charge is 2.17. The highest BCUT2D eigenvalue weighted by atomic mass is 32.2. The molecule has 1 N–H and O–H groups in total. The summed E-state index contributed by atoms with van der Waals surface area (Å²) < 4.78 is 26.4. The molecule has 0 saturated carbocycles. The molecule has 0 aliphatic carbocycles. The molecule has 1 aromatic heterocycles. The Morgan fingerprint density at radius 2 is 1.65 bits per heavy atom. The van der Waals surface area contributed by atoms with Crippen molar-refractivity contribution in [3.63, 3.8) is 0 Å². The summed E-state index contributed by atoms with van der Waals surface area (Å²) in [5.41, 5.74) is 0.163. The second-order valence-corrected chi connectivity index (χ2v) is 7.27. The summed E-state index contributed by atoms with van der Waals surface area (Å²) in [6.45, 7) is 0. The molecule has 0 saturated heterocycles. The van der Waals surface area contributed by atoms with E-state index in [-0.39, 0.29) is 10.5 Å². The Bertz CT molecular complexity index is 912. The SMILES string of the molecule is CN(C)S(=O)(=O)c1ccc(-c2ccc(C(=O)O)c(=O)n2C)cc1. The molecule has 2 rings (SSSR count). The number of pyridine rings is 1. The number of aromatic nitrogens is 1. The number of carboxylic acids is 1. The maximum Gasteiger partial charge on any atom is 0.341 e. The fraction of sp³-hybridized carbons (Fsp3) is 0.200. The van der Waals surface area contributed by atoms with Gasteiger partial charge in [0.1, 0.15) is 5.56 Å². The fourth-order valence-corrected chi connectivity index (χ4v) is 3.00. The number of rotatable bonds is 4. The van der Waals surface area contributed by atoms with E-state index >= 15 is 0 Å². The van der Waals surface area contributed by atoms with Crippen molar-refractivity contribution in [2.45, 2.75) is 4.90 Å². The number of nitrogens with zero attached hydrogens (tertiary/aromatic N) is 2. The minimum atomic E-state index is -3.53. The highest BCUT2D eigenvalue weighted by Crippen LogP contribution is 2.21. The van der Waals surface area contributed by atoms with Crippen LogP contribution in [0.1, 0.15) is 10.4 Å². The van der Waals surface area contributed by atoms with Crippen molar-refractivity contribution >= 4 is 16.0 Å². The van der Waals surface area contributed by atoms with Crippen LogP contribution in [0.3, 0.4) is 0 Å². The molecule has 1 heterocycles. The molecule has 8 heteroatoms. The van der Waals surface area contributed by atoms with Crippen LogP contribution in [0, 0.1) is 0 Å². The van der Waals surface area contributed by atoms with Gasteiger partial charge in [-0.2, -0.15) is 0 Å². The number of benzene rings is 1. The van der Waals surface area contributed by atoms with E-state index in [9.17, 15) is 18.0 Å². The molecule has 23 heavy (non-hydrogen) atoms. The van der Waals surface area contributed by atoms with E-state index in [0.717, 1.165) is 4.31 Å². The van der Waals surface area contributed by atoms with Gasteiger partial charge in [0.15, 0.2) is 0 Å². The van der Waals surface area contributed by atoms with Crippen LogP contribution in [0.2, 0.25) is 0 Å². The molecule has 0 spiro atoms. The monoisotopic (exact) mass is 336 g/mol. The molecule has 7 nitrogen and oxygen atoms in total. The molecule has 0 unspecified atom stereocenters. The van der Waals surface area contributed by atoms with Crippen LogP contribution in [0.4, 0.5) is 0 Å². The Hall–Kier alpha value is -2.45. The predicted octanol–water partition coefficient (Wildman–Crippen LogP) is 1.00. The van der Waals surface area contributed by atoms with Gasteiger partial charge in [-0.1, -0.05) is 12.1 Å². The van der Waals surface area contributed by atoms with E-state index < -0.39 is 21.6 Å². The molecule has 0 aliphatic heterocycles. The van der Waals surface area contributed by atoms with E-state index in [0.29, 0.717) is 11.3 Å². The third-order valence-corrected chi connectivity index (χ3v) is 5.29. The zero-order valence-corrected chi connectivity index (χ0v) is 13.7. The van der Waals surface area contributed by atoms with E-state index in [1.807, 2.05) is 0 Å². The average Bonchev–Trinajstić information content (AvgIpc) is 2.49. The van der Waals surface area contributed by atoms with Gasteiger partial charge in [-0.15, -0.1) is 0 Å². The Balaban J connectivity index is 2.51. The third kappa shape index (κ3) is 3.03. The quantitative estimate of drug-likeness (QED) is 0.898. The molecular weight excluding hydrogens is 320 g/mol. The van der Waals surface area contributed by atoms with Crippen molar-refractivity contribution in [2.75, 3.05) is 14.1 Å². The summed E-state index contributed by atoms with van der Waals surface area (Å²) in [6.07, 6.45) is 0. The lowest BCUT2D eigenvalue weighted by molar-refractivity contribution is 0.0694. The normalized spacial score (nSPS) is 11.7. The van der Waals surface area contributed by atoms with Gasteiger partial charge >= 0.3 is 5.97 Å². The Kier molecular flexibility index (Phi) is 4.39. The van der Waals surface area contributed by atoms with E-state index in [4.69, 9.17) is 5.11 Å². The van der Waals surface area contributed by atoms with E-state index in [1.54, 1.807) is 12.1 Å². The van der Waals surface area contributed by atoms with Crippen LogP contribution in [-0.4, -0.2) is 42.5 Å². The number of carboxylic acid groups (broad SMARTS) is 1. The molecule has 0 radical (unpaired) electrons. The lowest BCUT2D eigenvalue weighted by Gasteiger charge is -2.13. The fourth-order valence-electron chi connectivity index (χ4n) is 2.10. The van der Waals surface area contributed by atoms with Crippen molar-refractivity contribution in [3.8, 4) is 11.3 Å². The zero-order chi connectivity index (χ0) is 17.4. The van der Waals surface area contributed by atoms with Crippen molar-refractivity contribution < 1.29 is 18.3 Å². The smallest absolute Gasteiger partial charge is 0.341 e. The van der Waals surface area contributed by atoms with Crippen LogP contribution in [0.25, 0.3) is 11.3 Å². The van der Waals surface area contributed by atoms with Crippen molar-refractivity contribution in [1.29, 1.82) is 0 Å². The minimum Gasteiger partial charge on any atom is -0.477 e. The van der Waals surface area contributed by atoms with Gasteiger partial charge in [-0.05, 0) is 29.8 Å². The minimum absolute atomic E-state index is 0.137. The van der Waals surface area contributed by atoms with Crippen LogP contribution < -0.4 is 5.56 Å². The van der Waals surface area contributed by atoms with Crippen molar-refractivity contribution in [3.05, 3.63) is 52.3 Å². The van der Waals surface area contributed by atoms with E-state index in [2.05, 4.69) is 0 Å². The average molecular weight is 336 g/mol. The topological polar surface area (TPSA) is 96.7 Å². The molecule has 0 atom stereocenters. The summed E-state index contributed by atoms with van der Waals surface area (Å²) in [6, 6.07) is 8.79. The first kappa shape index (κ1) is 16.9. The Morgan fingerprint density at radius 1 is 1.09 bits per heavy atom. The van der Waals surface area contributed by atoms with Crippen LogP contribution in [-0.2, 0) is 17.1 Å². The third-order valence-electron chi connectivity index (χ3n) is 3.46. The first-order valence-corrected chi connectivity index (χ1v) is 8.06. The summed E-state index contributed by atoms with van der Waals surface area (Å²) in [7, 11) is 0.826. The van der Waals surface area contributed by atoms with Gasteiger partial charge in [0.05, 0.1) is 10.6 Å². The van der Waals surface area contributed by atoms with Gasteiger partial charge in [0.25, 0.3) is 5.56 Å². The number of aromatic carboxylic acids is 1. The number of sulfonamides is 1. The van der Waals surface area contributed by atoms with E-state index in [1.165, 1.54) is 50.0 Å². The van der Waals surface area contributed by atoms with Gasteiger partial charge in [0.2, 0.25) is 10.0 Å². The molecular formula is C15H16N2O5S. The summed E-state index contributed by atoms with van der Waals surface area (Å²) in [4.78, 5) is 23.1. The zero-order valence-electron chi connectivity index (χ0n) is 12.8. The second kappa shape index (κ2) is 5.98. The van der Waals surface area contributed by atoms with Crippen LogP contribution in [0.15, 0.2) is 46.1 Å². The van der Waals surface area contributed by atoms with Crippen LogP contribution in [0.5, 0.6) is 0 Å².